The minimum atomic E-state index is -0.578. The van der Waals surface area contributed by atoms with Crippen LogP contribution in [0.15, 0.2) is 59.2 Å². The van der Waals surface area contributed by atoms with Gasteiger partial charge in [-0.25, -0.2) is 14.2 Å². The van der Waals surface area contributed by atoms with E-state index in [0.29, 0.717) is 0 Å². The van der Waals surface area contributed by atoms with E-state index in [0.717, 1.165) is 24.3 Å². The van der Waals surface area contributed by atoms with Crippen LogP contribution in [0.2, 0.25) is 0 Å². The van der Waals surface area contributed by atoms with Gasteiger partial charge in [0.05, 0.1) is 5.56 Å². The number of rotatable bonds is 5. The molecule has 3 rings (SSSR count). The van der Waals surface area contributed by atoms with Crippen molar-refractivity contribution in [2.45, 2.75) is 13.8 Å². The molecular formula is C20H19FN2O2. The summed E-state index contributed by atoms with van der Waals surface area (Å²) in [6.45, 7) is 6.07. The Morgan fingerprint density at radius 2 is 1.76 bits per heavy atom. The first-order valence-electron chi connectivity index (χ1n) is 8.24. The summed E-state index contributed by atoms with van der Waals surface area (Å²) < 4.78 is 18.9. The van der Waals surface area contributed by atoms with Crippen molar-refractivity contribution in [2.24, 2.45) is 4.99 Å². The number of aliphatic imine (C=N–C) groups is 1. The zero-order valence-electron chi connectivity index (χ0n) is 14.2. The zero-order chi connectivity index (χ0) is 17.8. The minimum Gasteiger partial charge on any atom is -0.402 e. The molecule has 0 aromatic heterocycles. The van der Waals surface area contributed by atoms with Crippen LogP contribution in [0.1, 0.15) is 25.0 Å². The Morgan fingerprint density at radius 3 is 2.40 bits per heavy atom. The lowest BCUT2D eigenvalue weighted by Gasteiger charge is -2.20. The molecule has 1 heterocycles. The predicted molar refractivity (Wildman–Crippen MR) is 97.0 cm³/mol. The van der Waals surface area contributed by atoms with E-state index in [1.165, 1.54) is 12.1 Å². The number of ether oxygens (including phenoxy) is 1. The number of carbonyl (C=O) groups is 1. The monoisotopic (exact) mass is 338 g/mol. The second kappa shape index (κ2) is 7.30. The van der Waals surface area contributed by atoms with E-state index in [2.05, 4.69) is 23.7 Å². The van der Waals surface area contributed by atoms with Gasteiger partial charge in [-0.05, 0) is 49.8 Å². The summed E-state index contributed by atoms with van der Waals surface area (Å²) in [6, 6.07) is 13.9. The Hall–Kier alpha value is -2.95. The van der Waals surface area contributed by atoms with Gasteiger partial charge in [0.15, 0.2) is 5.70 Å². The number of benzene rings is 2. The zero-order valence-corrected chi connectivity index (χ0v) is 14.2. The third-order valence-corrected chi connectivity index (χ3v) is 4.05. The molecule has 2 aromatic carbocycles. The number of halogens is 1. The van der Waals surface area contributed by atoms with Crippen LogP contribution >= 0.6 is 0 Å². The van der Waals surface area contributed by atoms with Crippen molar-refractivity contribution in [1.82, 2.24) is 0 Å². The Kier molecular flexibility index (Phi) is 4.93. The van der Waals surface area contributed by atoms with Gasteiger partial charge in [0, 0.05) is 18.8 Å². The average Bonchev–Trinajstić information content (AvgIpc) is 2.98. The molecule has 0 bridgehead atoms. The summed E-state index contributed by atoms with van der Waals surface area (Å²) in [6.07, 6.45) is 1.64. The predicted octanol–water partition coefficient (Wildman–Crippen LogP) is 4.02. The van der Waals surface area contributed by atoms with Crippen LogP contribution in [0.3, 0.4) is 0 Å². The van der Waals surface area contributed by atoms with E-state index in [4.69, 9.17) is 4.74 Å². The number of anilines is 1. The Labute approximate surface area is 146 Å². The van der Waals surface area contributed by atoms with Crippen molar-refractivity contribution < 1.29 is 13.9 Å². The maximum atomic E-state index is 13.8. The number of nitrogens with zero attached hydrogens (tertiary/aromatic N) is 2. The third kappa shape index (κ3) is 3.60. The normalized spacial score (nSPS) is 15.2. The maximum Gasteiger partial charge on any atom is 0.363 e. The number of hydrogen-bond donors (Lipinski definition) is 0. The van der Waals surface area contributed by atoms with Crippen molar-refractivity contribution in [3.8, 4) is 0 Å². The van der Waals surface area contributed by atoms with Crippen LogP contribution in [0.4, 0.5) is 10.1 Å². The van der Waals surface area contributed by atoms with Gasteiger partial charge in [-0.15, -0.1) is 0 Å². The SMILES string of the molecule is CCN(CC)c1ccc(C=C2N=C(c3ccccc3F)OC2=O)cc1. The highest BCUT2D eigenvalue weighted by Gasteiger charge is 2.25. The molecule has 0 N–H and O–H groups in total. The number of cyclic esters (lactones) is 1. The second-order valence-electron chi connectivity index (χ2n) is 5.58. The van der Waals surface area contributed by atoms with Crippen molar-refractivity contribution in [1.29, 1.82) is 0 Å². The number of carbonyl (C=O) groups excluding carboxylic acids is 1. The van der Waals surface area contributed by atoms with Crippen molar-refractivity contribution in [3.63, 3.8) is 0 Å². The lowest BCUT2D eigenvalue weighted by atomic mass is 10.1. The Bertz CT molecular complexity index is 837. The molecule has 4 nitrogen and oxygen atoms in total. The lowest BCUT2D eigenvalue weighted by molar-refractivity contribution is -0.129. The van der Waals surface area contributed by atoms with Gasteiger partial charge in [-0.2, -0.15) is 0 Å². The first-order valence-corrected chi connectivity index (χ1v) is 8.24. The molecular weight excluding hydrogens is 319 g/mol. The Morgan fingerprint density at radius 1 is 1.08 bits per heavy atom. The van der Waals surface area contributed by atoms with Crippen molar-refractivity contribution >= 4 is 23.6 Å². The standard InChI is InChI=1S/C20H19FN2O2/c1-3-23(4-2)15-11-9-14(10-12-15)13-18-20(24)25-19(22-18)16-7-5-6-8-17(16)21/h5-13H,3-4H2,1-2H3. The van der Waals surface area contributed by atoms with Crippen LogP contribution in [-0.4, -0.2) is 25.0 Å². The third-order valence-electron chi connectivity index (χ3n) is 4.05. The average molecular weight is 338 g/mol. The Balaban J connectivity index is 1.86. The first-order chi connectivity index (χ1) is 12.1. The molecule has 0 atom stereocenters. The highest BCUT2D eigenvalue weighted by atomic mass is 19.1. The highest BCUT2D eigenvalue weighted by Crippen LogP contribution is 2.22. The molecule has 0 amide bonds. The van der Waals surface area contributed by atoms with Gasteiger partial charge in [0.25, 0.3) is 0 Å². The second-order valence-corrected chi connectivity index (χ2v) is 5.58. The van der Waals surface area contributed by atoms with Crippen LogP contribution in [0.25, 0.3) is 6.08 Å². The van der Waals surface area contributed by atoms with Crippen molar-refractivity contribution in [3.05, 3.63) is 71.2 Å². The highest BCUT2D eigenvalue weighted by molar-refractivity contribution is 6.12. The van der Waals surface area contributed by atoms with Gasteiger partial charge >= 0.3 is 5.97 Å². The van der Waals surface area contributed by atoms with Crippen LogP contribution in [-0.2, 0) is 9.53 Å². The molecule has 0 radical (unpaired) electrons. The first kappa shape index (κ1) is 16.9. The van der Waals surface area contributed by atoms with E-state index in [9.17, 15) is 9.18 Å². The van der Waals surface area contributed by atoms with E-state index >= 15 is 0 Å². The van der Waals surface area contributed by atoms with Crippen LogP contribution in [0, 0.1) is 5.82 Å². The van der Waals surface area contributed by atoms with E-state index in [-0.39, 0.29) is 17.2 Å². The van der Waals surface area contributed by atoms with Gasteiger partial charge in [-0.1, -0.05) is 24.3 Å². The number of esters is 1. The molecule has 0 spiro atoms. The van der Waals surface area contributed by atoms with Gasteiger partial charge in [0.2, 0.25) is 5.90 Å². The molecule has 25 heavy (non-hydrogen) atoms. The fraction of sp³-hybridized carbons (Fsp3) is 0.200. The molecule has 0 fully saturated rings. The van der Waals surface area contributed by atoms with E-state index in [1.807, 2.05) is 24.3 Å². The molecule has 128 valence electrons. The summed E-state index contributed by atoms with van der Waals surface area (Å²) in [7, 11) is 0. The summed E-state index contributed by atoms with van der Waals surface area (Å²) in [5.41, 5.74) is 2.29. The quantitative estimate of drug-likeness (QED) is 0.611. The molecule has 0 saturated heterocycles. The molecule has 0 aliphatic carbocycles. The van der Waals surface area contributed by atoms with Gasteiger partial charge in [-0.3, -0.25) is 0 Å². The lowest BCUT2D eigenvalue weighted by Crippen LogP contribution is -2.21. The van der Waals surface area contributed by atoms with Gasteiger partial charge < -0.3 is 9.64 Å². The maximum absolute atomic E-state index is 13.8. The molecule has 1 aliphatic rings. The summed E-state index contributed by atoms with van der Waals surface area (Å²) in [5.74, 6) is -1.06. The largest absolute Gasteiger partial charge is 0.402 e. The topological polar surface area (TPSA) is 41.9 Å². The summed E-state index contributed by atoms with van der Waals surface area (Å²) in [5, 5.41) is 0. The summed E-state index contributed by atoms with van der Waals surface area (Å²) in [4.78, 5) is 18.4. The molecule has 5 heteroatoms. The fourth-order valence-corrected chi connectivity index (χ4v) is 2.69. The van der Waals surface area contributed by atoms with Crippen LogP contribution < -0.4 is 4.90 Å². The summed E-state index contributed by atoms with van der Waals surface area (Å²) >= 11 is 0. The van der Waals surface area contributed by atoms with E-state index in [1.54, 1.807) is 18.2 Å². The minimum absolute atomic E-state index is 0.00545. The van der Waals surface area contributed by atoms with Gasteiger partial charge in [0.1, 0.15) is 5.82 Å². The fourth-order valence-electron chi connectivity index (χ4n) is 2.69. The van der Waals surface area contributed by atoms with Crippen LogP contribution in [0.5, 0.6) is 0 Å². The van der Waals surface area contributed by atoms with E-state index < -0.39 is 11.8 Å². The molecule has 1 aliphatic heterocycles. The van der Waals surface area contributed by atoms with Crippen molar-refractivity contribution in [2.75, 3.05) is 18.0 Å². The molecule has 0 saturated carbocycles. The molecule has 0 unspecified atom stereocenters. The number of hydrogen-bond acceptors (Lipinski definition) is 4. The smallest absolute Gasteiger partial charge is 0.363 e. The molecule has 2 aromatic rings.